The highest BCUT2D eigenvalue weighted by Gasteiger charge is 2.28. The van der Waals surface area contributed by atoms with Crippen LogP contribution in [0.2, 0.25) is 5.02 Å². The third-order valence-corrected chi connectivity index (χ3v) is 4.66. The van der Waals surface area contributed by atoms with Gasteiger partial charge in [-0.3, -0.25) is 9.69 Å². The number of rotatable bonds is 3. The maximum Gasteiger partial charge on any atom is 0.242 e. The first-order valence-electron chi connectivity index (χ1n) is 7.89. The Morgan fingerprint density at radius 2 is 2.00 bits per heavy atom. The van der Waals surface area contributed by atoms with Gasteiger partial charge < -0.3 is 15.0 Å². The van der Waals surface area contributed by atoms with E-state index < -0.39 is 0 Å². The third kappa shape index (κ3) is 5.94. The van der Waals surface area contributed by atoms with E-state index in [2.05, 4.69) is 10.2 Å². The van der Waals surface area contributed by atoms with Gasteiger partial charge in [-0.2, -0.15) is 0 Å². The summed E-state index contributed by atoms with van der Waals surface area (Å²) in [6.45, 7) is 5.46. The van der Waals surface area contributed by atoms with Crippen molar-refractivity contribution in [1.29, 1.82) is 0 Å². The van der Waals surface area contributed by atoms with E-state index in [1.165, 1.54) is 12.1 Å². The van der Waals surface area contributed by atoms with E-state index in [9.17, 15) is 9.18 Å². The van der Waals surface area contributed by atoms with Crippen molar-refractivity contribution >= 4 is 42.3 Å². The van der Waals surface area contributed by atoms with Crippen LogP contribution in [0.5, 0.6) is 0 Å². The topological polar surface area (TPSA) is 44.8 Å². The Balaban J connectivity index is 0.00000156. The second-order valence-corrected chi connectivity index (χ2v) is 6.33. The molecule has 142 valence electrons. The van der Waals surface area contributed by atoms with Gasteiger partial charge in [0.2, 0.25) is 5.91 Å². The van der Waals surface area contributed by atoms with Gasteiger partial charge in [-0.05, 0) is 17.7 Å². The number of ether oxygens (including phenoxy) is 1. The lowest BCUT2D eigenvalue weighted by Crippen LogP contribution is -2.57. The van der Waals surface area contributed by atoms with Crippen molar-refractivity contribution in [1.82, 2.24) is 15.1 Å². The van der Waals surface area contributed by atoms with E-state index in [0.29, 0.717) is 37.9 Å². The molecule has 1 aromatic rings. The smallest absolute Gasteiger partial charge is 0.242 e. The first-order valence-corrected chi connectivity index (χ1v) is 8.27. The molecule has 0 aliphatic carbocycles. The van der Waals surface area contributed by atoms with Gasteiger partial charge in [-0.1, -0.05) is 17.7 Å². The molecule has 1 N–H and O–H groups in total. The number of benzene rings is 1. The predicted octanol–water partition coefficient (Wildman–Crippen LogP) is 1.96. The summed E-state index contributed by atoms with van der Waals surface area (Å²) in [4.78, 5) is 16.5. The molecular formula is C16H23Cl3FN3O2. The average Bonchev–Trinajstić information content (AvgIpc) is 2.58. The molecule has 1 amide bonds. The number of carbonyl (C=O) groups is 1. The van der Waals surface area contributed by atoms with Gasteiger partial charge in [-0.25, -0.2) is 4.39 Å². The van der Waals surface area contributed by atoms with E-state index in [4.69, 9.17) is 16.3 Å². The van der Waals surface area contributed by atoms with Crippen LogP contribution in [0.25, 0.3) is 0 Å². The lowest BCUT2D eigenvalue weighted by molar-refractivity contribution is -0.138. The summed E-state index contributed by atoms with van der Waals surface area (Å²) in [5.41, 5.74) is 0.912. The van der Waals surface area contributed by atoms with Crippen LogP contribution < -0.4 is 5.32 Å². The van der Waals surface area contributed by atoms with Crippen molar-refractivity contribution < 1.29 is 13.9 Å². The lowest BCUT2D eigenvalue weighted by atomic mass is 10.1. The molecule has 5 nitrogen and oxygen atoms in total. The number of morpholine rings is 1. The van der Waals surface area contributed by atoms with Crippen LogP contribution in [0, 0.1) is 5.82 Å². The van der Waals surface area contributed by atoms with Gasteiger partial charge >= 0.3 is 0 Å². The molecule has 0 radical (unpaired) electrons. The minimum atomic E-state index is -0.323. The molecule has 1 unspecified atom stereocenters. The summed E-state index contributed by atoms with van der Waals surface area (Å²) < 4.78 is 18.4. The van der Waals surface area contributed by atoms with Gasteiger partial charge in [0.1, 0.15) is 11.9 Å². The number of halogens is 4. The van der Waals surface area contributed by atoms with Crippen molar-refractivity contribution in [2.45, 2.75) is 12.6 Å². The molecule has 9 heteroatoms. The summed E-state index contributed by atoms with van der Waals surface area (Å²) in [6.07, 6.45) is 0. The molecule has 1 atom stereocenters. The molecule has 0 saturated carbocycles. The Morgan fingerprint density at radius 1 is 1.28 bits per heavy atom. The Hall–Kier alpha value is -0.630. The van der Waals surface area contributed by atoms with Gasteiger partial charge in [0.05, 0.1) is 13.2 Å². The van der Waals surface area contributed by atoms with Crippen LogP contribution in [0.1, 0.15) is 5.56 Å². The molecule has 0 spiro atoms. The van der Waals surface area contributed by atoms with Crippen LogP contribution in [-0.4, -0.2) is 67.7 Å². The standard InChI is InChI=1S/C16H21ClFN3O2.2ClH/c17-14-9-13(18)2-1-12(14)10-20-4-6-21(7-5-20)16(22)15-11-23-8-3-19-15;;/h1-2,9,15,19H,3-8,10-11H2;2*1H. The molecule has 3 rings (SSSR count). The second-order valence-electron chi connectivity index (χ2n) is 5.92. The zero-order valence-electron chi connectivity index (χ0n) is 13.7. The highest BCUT2D eigenvalue weighted by Crippen LogP contribution is 2.20. The molecule has 2 fully saturated rings. The van der Waals surface area contributed by atoms with Crippen LogP contribution in [0.15, 0.2) is 18.2 Å². The van der Waals surface area contributed by atoms with E-state index >= 15 is 0 Å². The molecule has 2 saturated heterocycles. The molecule has 25 heavy (non-hydrogen) atoms. The summed E-state index contributed by atoms with van der Waals surface area (Å²) in [6, 6.07) is 4.27. The minimum absolute atomic E-state index is 0. The molecule has 2 aliphatic heterocycles. The van der Waals surface area contributed by atoms with Gasteiger partial charge in [-0.15, -0.1) is 24.8 Å². The number of hydrogen-bond acceptors (Lipinski definition) is 4. The number of piperazine rings is 1. The van der Waals surface area contributed by atoms with E-state index in [-0.39, 0.29) is 42.6 Å². The van der Waals surface area contributed by atoms with E-state index in [1.807, 2.05) is 4.90 Å². The van der Waals surface area contributed by atoms with Gasteiger partial charge in [0.15, 0.2) is 0 Å². The number of amides is 1. The maximum atomic E-state index is 13.1. The second kappa shape index (κ2) is 10.5. The summed E-state index contributed by atoms with van der Waals surface area (Å²) >= 11 is 6.08. The fourth-order valence-electron chi connectivity index (χ4n) is 2.96. The molecule has 1 aromatic carbocycles. The SMILES string of the molecule is Cl.Cl.O=C(C1COCCN1)N1CCN(Cc2ccc(F)cc2Cl)CC1. The summed E-state index contributed by atoms with van der Waals surface area (Å²) in [7, 11) is 0. The summed E-state index contributed by atoms with van der Waals surface area (Å²) in [5, 5.41) is 3.65. The molecule has 0 bridgehead atoms. The first-order chi connectivity index (χ1) is 11.1. The normalized spacial score (nSPS) is 21.2. The van der Waals surface area contributed by atoms with Crippen molar-refractivity contribution in [3.8, 4) is 0 Å². The molecule has 2 aliphatic rings. The number of nitrogens with zero attached hydrogens (tertiary/aromatic N) is 2. The number of nitrogens with one attached hydrogen (secondary N) is 1. The fraction of sp³-hybridized carbons (Fsp3) is 0.562. The minimum Gasteiger partial charge on any atom is -0.378 e. The van der Waals surface area contributed by atoms with Gasteiger partial charge in [0.25, 0.3) is 0 Å². The quantitative estimate of drug-likeness (QED) is 0.821. The Bertz CT molecular complexity index is 566. The van der Waals surface area contributed by atoms with E-state index in [1.54, 1.807) is 6.07 Å². The lowest BCUT2D eigenvalue weighted by Gasteiger charge is -2.37. The molecule has 0 aromatic heterocycles. The monoisotopic (exact) mass is 413 g/mol. The Labute approximate surface area is 164 Å². The highest BCUT2D eigenvalue weighted by molar-refractivity contribution is 6.31. The average molecular weight is 415 g/mol. The Kier molecular flexibility index (Phi) is 9.41. The molecular weight excluding hydrogens is 392 g/mol. The van der Waals surface area contributed by atoms with Crippen molar-refractivity contribution in [2.75, 3.05) is 45.9 Å². The largest absolute Gasteiger partial charge is 0.378 e. The first kappa shape index (κ1) is 22.4. The summed E-state index contributed by atoms with van der Waals surface area (Å²) in [5.74, 6) is -0.208. The third-order valence-electron chi connectivity index (χ3n) is 4.31. The van der Waals surface area contributed by atoms with E-state index in [0.717, 1.165) is 25.2 Å². The number of hydrogen-bond donors (Lipinski definition) is 1. The highest BCUT2D eigenvalue weighted by atomic mass is 35.5. The van der Waals surface area contributed by atoms with Crippen LogP contribution >= 0.6 is 36.4 Å². The molecule has 2 heterocycles. The van der Waals surface area contributed by atoms with Crippen molar-refractivity contribution in [2.24, 2.45) is 0 Å². The Morgan fingerprint density at radius 3 is 2.60 bits per heavy atom. The maximum absolute atomic E-state index is 13.1. The zero-order valence-corrected chi connectivity index (χ0v) is 16.1. The van der Waals surface area contributed by atoms with Crippen molar-refractivity contribution in [3.63, 3.8) is 0 Å². The zero-order chi connectivity index (χ0) is 16.2. The predicted molar refractivity (Wildman–Crippen MR) is 100 cm³/mol. The van der Waals surface area contributed by atoms with Crippen LogP contribution in [0.3, 0.4) is 0 Å². The fourth-order valence-corrected chi connectivity index (χ4v) is 3.19. The van der Waals surface area contributed by atoms with Gasteiger partial charge in [0, 0.05) is 44.3 Å². The van der Waals surface area contributed by atoms with Crippen LogP contribution in [-0.2, 0) is 16.1 Å². The number of carbonyl (C=O) groups excluding carboxylic acids is 1. The van der Waals surface area contributed by atoms with Crippen molar-refractivity contribution in [3.05, 3.63) is 34.6 Å². The van der Waals surface area contributed by atoms with Crippen LogP contribution in [0.4, 0.5) is 4.39 Å².